The van der Waals surface area contributed by atoms with Crippen molar-refractivity contribution in [2.75, 3.05) is 6.54 Å². The molecule has 1 aliphatic rings. The molecule has 0 bridgehead atoms. The number of imidazole rings is 1. The normalized spacial score (nSPS) is 15.7. The van der Waals surface area contributed by atoms with Crippen molar-refractivity contribution in [3.63, 3.8) is 0 Å². The van der Waals surface area contributed by atoms with E-state index in [2.05, 4.69) is 16.0 Å². The van der Waals surface area contributed by atoms with Crippen LogP contribution in [0.15, 0.2) is 18.6 Å². The zero-order chi connectivity index (χ0) is 15.0. The number of fused-ring (bicyclic) bond motifs is 1. The first kappa shape index (κ1) is 13.6. The van der Waals surface area contributed by atoms with Gasteiger partial charge in [-0.2, -0.15) is 5.26 Å². The van der Waals surface area contributed by atoms with Gasteiger partial charge >= 0.3 is 0 Å². The van der Waals surface area contributed by atoms with Gasteiger partial charge in [0.15, 0.2) is 11.3 Å². The van der Waals surface area contributed by atoms with Crippen molar-refractivity contribution in [2.45, 2.75) is 32.7 Å². The molecule has 21 heavy (non-hydrogen) atoms. The van der Waals surface area contributed by atoms with Crippen molar-refractivity contribution in [1.29, 1.82) is 5.26 Å². The summed E-state index contributed by atoms with van der Waals surface area (Å²) in [6.07, 6.45) is 7.26. The standard InChI is InChI=1S/C15H17N5O/c1-10(7-16)8-20(12-3-4-12)15(21)13-14-18-11(2)9-19(14)6-5-17-13/h5-6,9-10,12H,3-4,8H2,1-2H3. The molecule has 2 aromatic rings. The number of carbonyl (C=O) groups excluding carboxylic acids is 1. The molecule has 2 heterocycles. The topological polar surface area (TPSA) is 74.3 Å². The fourth-order valence-electron chi connectivity index (χ4n) is 2.45. The van der Waals surface area contributed by atoms with Gasteiger partial charge in [0.25, 0.3) is 5.91 Å². The maximum absolute atomic E-state index is 12.8. The van der Waals surface area contributed by atoms with Crippen LogP contribution in [-0.4, -0.2) is 37.8 Å². The Bertz CT molecular complexity index is 725. The van der Waals surface area contributed by atoms with E-state index >= 15 is 0 Å². The van der Waals surface area contributed by atoms with Crippen LogP contribution in [0, 0.1) is 24.2 Å². The van der Waals surface area contributed by atoms with Crippen LogP contribution in [-0.2, 0) is 0 Å². The Labute approximate surface area is 123 Å². The molecule has 1 amide bonds. The van der Waals surface area contributed by atoms with E-state index in [4.69, 9.17) is 5.26 Å². The van der Waals surface area contributed by atoms with E-state index < -0.39 is 0 Å². The average molecular weight is 283 g/mol. The summed E-state index contributed by atoms with van der Waals surface area (Å²) in [5.74, 6) is -0.313. The summed E-state index contributed by atoms with van der Waals surface area (Å²) in [7, 11) is 0. The van der Waals surface area contributed by atoms with E-state index in [-0.39, 0.29) is 17.9 Å². The fourth-order valence-corrected chi connectivity index (χ4v) is 2.45. The molecule has 6 heteroatoms. The first-order chi connectivity index (χ1) is 10.1. The van der Waals surface area contributed by atoms with Crippen LogP contribution in [0.4, 0.5) is 0 Å². The third-order valence-electron chi connectivity index (χ3n) is 3.64. The molecule has 1 saturated carbocycles. The van der Waals surface area contributed by atoms with Crippen LogP contribution in [0.25, 0.3) is 5.65 Å². The van der Waals surface area contributed by atoms with Crippen LogP contribution in [0.3, 0.4) is 0 Å². The Morgan fingerprint density at radius 1 is 1.62 bits per heavy atom. The lowest BCUT2D eigenvalue weighted by atomic mass is 10.2. The second-order valence-corrected chi connectivity index (χ2v) is 5.61. The number of nitrogens with zero attached hydrogens (tertiary/aromatic N) is 5. The molecule has 108 valence electrons. The summed E-state index contributed by atoms with van der Waals surface area (Å²) in [5.41, 5.74) is 1.79. The van der Waals surface area contributed by atoms with Crippen LogP contribution in [0.2, 0.25) is 0 Å². The highest BCUT2D eigenvalue weighted by Gasteiger charge is 2.35. The van der Waals surface area contributed by atoms with Crippen LogP contribution in [0.1, 0.15) is 35.9 Å². The van der Waals surface area contributed by atoms with Gasteiger partial charge in [0.05, 0.1) is 17.7 Å². The van der Waals surface area contributed by atoms with Gasteiger partial charge < -0.3 is 9.30 Å². The molecule has 0 N–H and O–H groups in total. The molecule has 0 spiro atoms. The van der Waals surface area contributed by atoms with Crippen molar-refractivity contribution in [2.24, 2.45) is 5.92 Å². The Kier molecular flexibility index (Phi) is 3.34. The van der Waals surface area contributed by atoms with Crippen molar-refractivity contribution in [3.05, 3.63) is 30.0 Å². The summed E-state index contributed by atoms with van der Waals surface area (Å²) in [6.45, 7) is 4.16. The van der Waals surface area contributed by atoms with Crippen molar-refractivity contribution in [3.8, 4) is 6.07 Å². The number of aromatic nitrogens is 3. The highest BCUT2D eigenvalue weighted by Crippen LogP contribution is 2.29. The summed E-state index contributed by atoms with van der Waals surface area (Å²) >= 11 is 0. The summed E-state index contributed by atoms with van der Waals surface area (Å²) in [5, 5.41) is 8.99. The molecule has 3 rings (SSSR count). The maximum atomic E-state index is 12.8. The van der Waals surface area contributed by atoms with Gasteiger partial charge in [-0.25, -0.2) is 9.97 Å². The third kappa shape index (κ3) is 2.59. The molecule has 6 nitrogen and oxygen atoms in total. The third-order valence-corrected chi connectivity index (χ3v) is 3.64. The van der Waals surface area contributed by atoms with Gasteiger partial charge in [-0.15, -0.1) is 0 Å². The number of carbonyl (C=O) groups is 1. The maximum Gasteiger partial charge on any atom is 0.276 e. The minimum atomic E-state index is -0.184. The number of rotatable bonds is 4. The largest absolute Gasteiger partial charge is 0.333 e. The van der Waals surface area contributed by atoms with Crippen molar-refractivity contribution in [1.82, 2.24) is 19.3 Å². The lowest BCUT2D eigenvalue weighted by molar-refractivity contribution is 0.0725. The summed E-state index contributed by atoms with van der Waals surface area (Å²) < 4.78 is 1.81. The average Bonchev–Trinajstić information content (AvgIpc) is 3.23. The molecule has 2 aromatic heterocycles. The monoisotopic (exact) mass is 283 g/mol. The van der Waals surface area contributed by atoms with Crippen LogP contribution >= 0.6 is 0 Å². The molecule has 0 aromatic carbocycles. The smallest absolute Gasteiger partial charge is 0.276 e. The van der Waals surface area contributed by atoms with Gasteiger partial charge in [0.2, 0.25) is 0 Å². The lowest BCUT2D eigenvalue weighted by Crippen LogP contribution is -2.37. The predicted molar refractivity (Wildman–Crippen MR) is 76.6 cm³/mol. The second-order valence-electron chi connectivity index (χ2n) is 5.61. The summed E-state index contributed by atoms with van der Waals surface area (Å²) in [4.78, 5) is 23.2. The first-order valence-corrected chi connectivity index (χ1v) is 7.11. The molecule has 0 radical (unpaired) electrons. The zero-order valence-corrected chi connectivity index (χ0v) is 12.2. The Balaban J connectivity index is 1.96. The van der Waals surface area contributed by atoms with E-state index in [9.17, 15) is 4.79 Å². The number of amides is 1. The minimum Gasteiger partial charge on any atom is -0.333 e. The molecule has 1 aliphatic carbocycles. The van der Waals surface area contributed by atoms with Gasteiger partial charge in [-0.3, -0.25) is 4.79 Å². The van der Waals surface area contributed by atoms with Crippen molar-refractivity contribution < 1.29 is 4.79 Å². The molecular weight excluding hydrogens is 266 g/mol. The number of hydrogen-bond acceptors (Lipinski definition) is 4. The van der Waals surface area contributed by atoms with Gasteiger partial charge in [-0.1, -0.05) is 0 Å². The number of nitriles is 1. The quantitative estimate of drug-likeness (QED) is 0.857. The SMILES string of the molecule is Cc1cn2ccnc(C(=O)N(CC(C)C#N)C3CC3)c2n1. The molecule has 1 atom stereocenters. The molecule has 0 saturated heterocycles. The van der Waals surface area contributed by atoms with Crippen molar-refractivity contribution >= 4 is 11.6 Å². The molecule has 1 unspecified atom stereocenters. The lowest BCUT2D eigenvalue weighted by Gasteiger charge is -2.23. The van der Waals surface area contributed by atoms with Gasteiger partial charge in [-0.05, 0) is 26.7 Å². The Morgan fingerprint density at radius 2 is 2.38 bits per heavy atom. The number of hydrogen-bond donors (Lipinski definition) is 0. The Hall–Kier alpha value is -2.42. The van der Waals surface area contributed by atoms with E-state index in [0.29, 0.717) is 17.9 Å². The minimum absolute atomic E-state index is 0.129. The highest BCUT2D eigenvalue weighted by molar-refractivity contribution is 5.98. The molecular formula is C15H17N5O. The second kappa shape index (κ2) is 5.17. The molecule has 0 aliphatic heterocycles. The summed E-state index contributed by atoms with van der Waals surface area (Å²) in [6, 6.07) is 2.43. The van der Waals surface area contributed by atoms with E-state index in [1.165, 1.54) is 0 Å². The first-order valence-electron chi connectivity index (χ1n) is 7.11. The van der Waals surface area contributed by atoms with E-state index in [1.807, 2.05) is 24.4 Å². The predicted octanol–water partition coefficient (Wildman–Crippen LogP) is 1.80. The Morgan fingerprint density at radius 3 is 3.05 bits per heavy atom. The van der Waals surface area contributed by atoms with Gasteiger partial charge in [0, 0.05) is 31.2 Å². The van der Waals surface area contributed by atoms with Crippen LogP contribution < -0.4 is 0 Å². The number of aryl methyl sites for hydroxylation is 1. The highest BCUT2D eigenvalue weighted by atomic mass is 16.2. The zero-order valence-electron chi connectivity index (χ0n) is 12.2. The fraction of sp³-hybridized carbons (Fsp3) is 0.467. The molecule has 1 fully saturated rings. The van der Waals surface area contributed by atoms with Gasteiger partial charge in [0.1, 0.15) is 0 Å². The van der Waals surface area contributed by atoms with E-state index in [0.717, 1.165) is 18.5 Å². The van der Waals surface area contributed by atoms with E-state index in [1.54, 1.807) is 17.3 Å². The van der Waals surface area contributed by atoms with Crippen LogP contribution in [0.5, 0.6) is 0 Å².